The third kappa shape index (κ3) is 6.36. The first kappa shape index (κ1) is 26.2. The predicted molar refractivity (Wildman–Crippen MR) is 150 cm³/mol. The number of benzene rings is 3. The van der Waals surface area contributed by atoms with Crippen LogP contribution < -0.4 is 4.90 Å². The summed E-state index contributed by atoms with van der Waals surface area (Å²) in [5.74, 6) is -0.0119. The lowest BCUT2D eigenvalue weighted by Gasteiger charge is -2.36. The normalized spacial score (nSPS) is 16.8. The largest absolute Gasteiger partial charge is 0.372 e. The highest BCUT2D eigenvalue weighted by Gasteiger charge is 2.26. The molecule has 1 atom stereocenters. The lowest BCUT2D eigenvalue weighted by Crippen LogP contribution is -2.49. The molecule has 1 unspecified atom stereocenters. The van der Waals surface area contributed by atoms with Crippen molar-refractivity contribution in [3.63, 3.8) is 0 Å². The summed E-state index contributed by atoms with van der Waals surface area (Å²) in [4.78, 5) is 19.7. The first-order valence-corrected chi connectivity index (χ1v) is 13.7. The minimum absolute atomic E-state index is 0.0119. The summed E-state index contributed by atoms with van der Waals surface area (Å²) in [6, 6.07) is 25.7. The second-order valence-corrected chi connectivity index (χ2v) is 10.4. The van der Waals surface area contributed by atoms with Gasteiger partial charge in [0.1, 0.15) is 0 Å². The number of ether oxygens (including phenoxy) is 1. The van der Waals surface area contributed by atoms with Crippen molar-refractivity contribution in [2.45, 2.75) is 25.6 Å². The van der Waals surface area contributed by atoms with Crippen LogP contribution in [0.3, 0.4) is 0 Å². The first-order valence-electron chi connectivity index (χ1n) is 13.3. The van der Waals surface area contributed by atoms with Gasteiger partial charge in [0, 0.05) is 51.5 Å². The highest BCUT2D eigenvalue weighted by Crippen LogP contribution is 2.28. The van der Waals surface area contributed by atoms with Gasteiger partial charge in [-0.3, -0.25) is 9.69 Å². The van der Waals surface area contributed by atoms with Crippen LogP contribution in [0.15, 0.2) is 72.8 Å². The van der Waals surface area contributed by atoms with Crippen molar-refractivity contribution in [1.29, 1.82) is 5.26 Å². The Morgan fingerprint density at radius 2 is 1.66 bits per heavy atom. The van der Waals surface area contributed by atoms with Crippen molar-refractivity contribution in [2.24, 2.45) is 0 Å². The van der Waals surface area contributed by atoms with Crippen LogP contribution in [0.1, 0.15) is 46.0 Å². The molecule has 2 heterocycles. The molecule has 5 rings (SSSR count). The molecule has 2 saturated heterocycles. The molecule has 1 amide bonds. The number of rotatable bonds is 8. The molecule has 0 aliphatic carbocycles. The zero-order valence-corrected chi connectivity index (χ0v) is 22.3. The Balaban J connectivity index is 1.27. The van der Waals surface area contributed by atoms with Crippen LogP contribution in [0.4, 0.5) is 5.69 Å². The van der Waals surface area contributed by atoms with E-state index in [0.717, 1.165) is 43.9 Å². The fourth-order valence-corrected chi connectivity index (χ4v) is 5.41. The number of hydrogen-bond donors (Lipinski definition) is 0. The van der Waals surface area contributed by atoms with Crippen LogP contribution in [0.2, 0.25) is 5.02 Å². The molecule has 196 valence electrons. The zero-order chi connectivity index (χ0) is 26.3. The number of nitrogens with zero attached hydrogens (tertiary/aromatic N) is 4. The highest BCUT2D eigenvalue weighted by atomic mass is 35.5. The van der Waals surface area contributed by atoms with E-state index in [2.05, 4.69) is 40.1 Å². The summed E-state index contributed by atoms with van der Waals surface area (Å²) in [5, 5.41) is 9.60. The summed E-state index contributed by atoms with van der Waals surface area (Å²) in [6.07, 6.45) is 2.36. The molecule has 0 spiro atoms. The van der Waals surface area contributed by atoms with Crippen LogP contribution in [0.25, 0.3) is 0 Å². The number of amides is 1. The predicted octanol–water partition coefficient (Wildman–Crippen LogP) is 5.53. The summed E-state index contributed by atoms with van der Waals surface area (Å²) in [6.45, 7) is 6.27. The Kier molecular flexibility index (Phi) is 8.60. The van der Waals surface area contributed by atoms with Crippen LogP contribution in [0, 0.1) is 11.3 Å². The van der Waals surface area contributed by atoms with Crippen LogP contribution in [0.5, 0.6) is 0 Å². The van der Waals surface area contributed by atoms with E-state index in [4.69, 9.17) is 21.6 Å². The maximum Gasteiger partial charge on any atom is 0.255 e. The molecular formula is C31H33ClN4O2. The molecule has 2 aliphatic heterocycles. The molecule has 6 nitrogen and oxygen atoms in total. The Morgan fingerprint density at radius 3 is 2.37 bits per heavy atom. The Hall–Kier alpha value is -3.37. The fraction of sp³-hybridized carbons (Fsp3) is 0.355. The Bertz CT molecular complexity index is 1280. The van der Waals surface area contributed by atoms with Gasteiger partial charge in [-0.15, -0.1) is 0 Å². The van der Waals surface area contributed by atoms with Gasteiger partial charge in [-0.2, -0.15) is 5.26 Å². The van der Waals surface area contributed by atoms with Crippen LogP contribution >= 0.6 is 11.6 Å². The van der Waals surface area contributed by atoms with E-state index in [1.165, 1.54) is 18.5 Å². The minimum Gasteiger partial charge on any atom is -0.372 e. The lowest BCUT2D eigenvalue weighted by atomic mass is 10.1. The van der Waals surface area contributed by atoms with Gasteiger partial charge in [0.05, 0.1) is 34.9 Å². The Labute approximate surface area is 230 Å². The van der Waals surface area contributed by atoms with Gasteiger partial charge in [0.25, 0.3) is 5.91 Å². The fourth-order valence-electron chi connectivity index (χ4n) is 5.20. The lowest BCUT2D eigenvalue weighted by molar-refractivity contribution is 0.00344. The average Bonchev–Trinajstić information content (AvgIpc) is 3.51. The van der Waals surface area contributed by atoms with Crippen LogP contribution in [-0.2, 0) is 11.3 Å². The standard InChI is InChI=1S/C31H33ClN4O2/c32-29-9-2-1-8-28(29)31(37)36-18-16-34(17-19-36)22-30(38-23-25-12-10-24(21-33)11-13-25)26-6-5-7-27(20-26)35-14-3-4-15-35/h1-2,5-13,20,30H,3-4,14-19,22-23H2. The van der Waals surface area contributed by atoms with Gasteiger partial charge in [-0.1, -0.05) is 48.0 Å². The van der Waals surface area contributed by atoms with E-state index in [1.54, 1.807) is 12.1 Å². The van der Waals surface area contributed by atoms with Crippen molar-refractivity contribution in [1.82, 2.24) is 9.80 Å². The van der Waals surface area contributed by atoms with Gasteiger partial charge >= 0.3 is 0 Å². The number of nitriles is 1. The maximum atomic E-state index is 13.0. The minimum atomic E-state index is -0.112. The molecular weight excluding hydrogens is 496 g/mol. The summed E-state index contributed by atoms with van der Waals surface area (Å²) >= 11 is 6.27. The molecule has 38 heavy (non-hydrogen) atoms. The summed E-state index contributed by atoms with van der Waals surface area (Å²) in [5.41, 5.74) is 4.66. The molecule has 0 radical (unpaired) electrons. The third-order valence-corrected chi connectivity index (χ3v) is 7.76. The molecule has 3 aromatic rings. The topological polar surface area (TPSA) is 59.8 Å². The molecule has 3 aromatic carbocycles. The Morgan fingerprint density at radius 1 is 0.921 bits per heavy atom. The molecule has 0 bridgehead atoms. The second-order valence-electron chi connectivity index (χ2n) is 9.97. The van der Waals surface area contributed by atoms with Crippen molar-refractivity contribution in [3.05, 3.63) is 100 Å². The van der Waals surface area contributed by atoms with Gasteiger partial charge in [0.2, 0.25) is 0 Å². The molecule has 7 heteroatoms. The van der Waals surface area contributed by atoms with Crippen molar-refractivity contribution in [3.8, 4) is 6.07 Å². The van der Waals surface area contributed by atoms with E-state index < -0.39 is 0 Å². The monoisotopic (exact) mass is 528 g/mol. The van der Waals surface area contributed by atoms with Gasteiger partial charge in [-0.05, 0) is 60.4 Å². The average molecular weight is 529 g/mol. The number of carbonyl (C=O) groups is 1. The van der Waals surface area contributed by atoms with Gasteiger partial charge in [0.15, 0.2) is 0 Å². The molecule has 2 fully saturated rings. The molecule has 0 saturated carbocycles. The number of carbonyl (C=O) groups excluding carboxylic acids is 1. The summed E-state index contributed by atoms with van der Waals surface area (Å²) in [7, 11) is 0. The number of piperazine rings is 1. The second kappa shape index (κ2) is 12.4. The molecule has 2 aliphatic rings. The SMILES string of the molecule is N#Cc1ccc(COC(CN2CCN(C(=O)c3ccccc3Cl)CC2)c2cccc(N3CCCC3)c2)cc1. The maximum absolute atomic E-state index is 13.0. The summed E-state index contributed by atoms with van der Waals surface area (Å²) < 4.78 is 6.53. The number of halogens is 1. The van der Waals surface area contributed by atoms with Gasteiger partial charge in [-0.25, -0.2) is 0 Å². The smallest absolute Gasteiger partial charge is 0.255 e. The van der Waals surface area contributed by atoms with Crippen molar-refractivity contribution < 1.29 is 9.53 Å². The number of anilines is 1. The molecule has 0 N–H and O–H groups in total. The van der Waals surface area contributed by atoms with E-state index >= 15 is 0 Å². The van der Waals surface area contributed by atoms with E-state index in [0.29, 0.717) is 35.8 Å². The van der Waals surface area contributed by atoms with Crippen molar-refractivity contribution >= 4 is 23.2 Å². The third-order valence-electron chi connectivity index (χ3n) is 7.44. The van der Waals surface area contributed by atoms with Crippen molar-refractivity contribution in [2.75, 3.05) is 50.7 Å². The van der Waals surface area contributed by atoms with Gasteiger partial charge < -0.3 is 14.5 Å². The van der Waals surface area contributed by atoms with E-state index in [-0.39, 0.29) is 12.0 Å². The highest BCUT2D eigenvalue weighted by molar-refractivity contribution is 6.33. The molecule has 0 aromatic heterocycles. The zero-order valence-electron chi connectivity index (χ0n) is 21.6. The van der Waals surface area contributed by atoms with E-state index in [9.17, 15) is 4.79 Å². The van der Waals surface area contributed by atoms with Crippen LogP contribution in [-0.4, -0.2) is 61.5 Å². The van der Waals surface area contributed by atoms with E-state index in [1.807, 2.05) is 41.3 Å². The first-order chi connectivity index (χ1) is 18.6. The number of hydrogen-bond acceptors (Lipinski definition) is 5. The quantitative estimate of drug-likeness (QED) is 0.385.